The Morgan fingerprint density at radius 2 is 2.21 bits per heavy atom. The normalized spacial score (nSPS) is 24.0. The largest absolute Gasteiger partial charge is 0.393 e. The van der Waals surface area contributed by atoms with Crippen molar-refractivity contribution in [3.05, 3.63) is 0 Å². The molecule has 1 N–H and O–H groups in total. The first-order chi connectivity index (χ1) is 6.83. The van der Waals surface area contributed by atoms with E-state index in [4.69, 9.17) is 4.74 Å². The fourth-order valence-corrected chi connectivity index (χ4v) is 2.08. The van der Waals surface area contributed by atoms with E-state index in [0.717, 1.165) is 32.5 Å². The predicted molar refractivity (Wildman–Crippen MR) is 58.3 cm³/mol. The summed E-state index contributed by atoms with van der Waals surface area (Å²) >= 11 is 0. The summed E-state index contributed by atoms with van der Waals surface area (Å²) in [7, 11) is 0. The minimum absolute atomic E-state index is 0.0847. The van der Waals surface area contributed by atoms with Crippen molar-refractivity contribution in [3.63, 3.8) is 0 Å². The Bertz CT molecular complexity index is 130. The lowest BCUT2D eigenvalue weighted by Crippen LogP contribution is -2.13. The van der Waals surface area contributed by atoms with Gasteiger partial charge in [0.2, 0.25) is 0 Å². The topological polar surface area (TPSA) is 29.5 Å². The first-order valence-electron chi connectivity index (χ1n) is 6.08. The first kappa shape index (κ1) is 12.0. The zero-order chi connectivity index (χ0) is 10.2. The second kappa shape index (κ2) is 7.24. The molecule has 1 saturated heterocycles. The molecule has 0 spiro atoms. The predicted octanol–water partition coefficient (Wildman–Crippen LogP) is 2.74. The van der Waals surface area contributed by atoms with Gasteiger partial charge in [0.25, 0.3) is 0 Å². The second-order valence-corrected chi connectivity index (χ2v) is 4.47. The second-order valence-electron chi connectivity index (χ2n) is 4.47. The van der Waals surface area contributed by atoms with Crippen LogP contribution in [0, 0.1) is 5.92 Å². The fraction of sp³-hybridized carbons (Fsp3) is 1.00. The number of aliphatic hydroxyl groups is 1. The van der Waals surface area contributed by atoms with Crippen molar-refractivity contribution in [2.24, 2.45) is 5.92 Å². The standard InChI is InChI=1S/C12H24O2/c1-2-3-4-5-6-12(13)9-11-7-8-14-10-11/h11-13H,2-10H2,1H3. The van der Waals surface area contributed by atoms with Gasteiger partial charge >= 0.3 is 0 Å². The molecule has 1 aliphatic heterocycles. The van der Waals surface area contributed by atoms with Crippen LogP contribution >= 0.6 is 0 Å². The SMILES string of the molecule is CCCCCCC(O)CC1CCOC1. The molecule has 1 aliphatic rings. The van der Waals surface area contributed by atoms with Crippen molar-refractivity contribution in [3.8, 4) is 0 Å². The number of aliphatic hydroxyl groups excluding tert-OH is 1. The van der Waals surface area contributed by atoms with Crippen molar-refractivity contribution < 1.29 is 9.84 Å². The van der Waals surface area contributed by atoms with Crippen LogP contribution in [0.2, 0.25) is 0 Å². The highest BCUT2D eigenvalue weighted by molar-refractivity contribution is 4.68. The van der Waals surface area contributed by atoms with E-state index in [1.54, 1.807) is 0 Å². The van der Waals surface area contributed by atoms with E-state index in [0.29, 0.717) is 5.92 Å². The van der Waals surface area contributed by atoms with Gasteiger partial charge in [-0.2, -0.15) is 0 Å². The molecular weight excluding hydrogens is 176 g/mol. The monoisotopic (exact) mass is 200 g/mol. The highest BCUT2D eigenvalue weighted by Crippen LogP contribution is 2.20. The van der Waals surface area contributed by atoms with Crippen LogP contribution in [0.1, 0.15) is 51.9 Å². The van der Waals surface area contributed by atoms with E-state index in [2.05, 4.69) is 6.92 Å². The molecule has 0 aromatic heterocycles. The van der Waals surface area contributed by atoms with Crippen LogP contribution in [0.15, 0.2) is 0 Å². The van der Waals surface area contributed by atoms with Gasteiger partial charge in [0.15, 0.2) is 0 Å². The van der Waals surface area contributed by atoms with Crippen LogP contribution < -0.4 is 0 Å². The molecule has 1 heterocycles. The van der Waals surface area contributed by atoms with Crippen LogP contribution in [0.25, 0.3) is 0 Å². The summed E-state index contributed by atoms with van der Waals surface area (Å²) < 4.78 is 5.29. The highest BCUT2D eigenvalue weighted by atomic mass is 16.5. The average Bonchev–Trinajstić information content (AvgIpc) is 2.65. The zero-order valence-corrected chi connectivity index (χ0v) is 9.37. The van der Waals surface area contributed by atoms with Gasteiger partial charge in [0.1, 0.15) is 0 Å². The quantitative estimate of drug-likeness (QED) is 0.640. The Kier molecular flexibility index (Phi) is 6.20. The Morgan fingerprint density at radius 3 is 2.86 bits per heavy atom. The first-order valence-corrected chi connectivity index (χ1v) is 6.08. The molecule has 0 amide bonds. The molecule has 0 radical (unpaired) electrons. The lowest BCUT2D eigenvalue weighted by molar-refractivity contribution is 0.119. The summed E-state index contributed by atoms with van der Waals surface area (Å²) in [4.78, 5) is 0. The van der Waals surface area contributed by atoms with Crippen molar-refractivity contribution in [1.82, 2.24) is 0 Å². The van der Waals surface area contributed by atoms with Gasteiger partial charge in [-0.1, -0.05) is 32.6 Å². The van der Waals surface area contributed by atoms with E-state index in [9.17, 15) is 5.11 Å². The molecular formula is C12H24O2. The number of rotatable bonds is 7. The summed E-state index contributed by atoms with van der Waals surface area (Å²) in [6, 6.07) is 0. The molecule has 0 saturated carbocycles. The molecule has 2 unspecified atom stereocenters. The van der Waals surface area contributed by atoms with E-state index < -0.39 is 0 Å². The third kappa shape index (κ3) is 4.97. The maximum Gasteiger partial charge on any atom is 0.0543 e. The van der Waals surface area contributed by atoms with Gasteiger partial charge in [-0.3, -0.25) is 0 Å². The minimum Gasteiger partial charge on any atom is -0.393 e. The Balaban J connectivity index is 1.95. The maximum absolute atomic E-state index is 9.75. The molecule has 1 fully saturated rings. The lowest BCUT2D eigenvalue weighted by Gasteiger charge is -2.13. The van der Waals surface area contributed by atoms with Crippen molar-refractivity contribution in [1.29, 1.82) is 0 Å². The third-order valence-electron chi connectivity index (χ3n) is 3.02. The summed E-state index contributed by atoms with van der Waals surface area (Å²) in [5.41, 5.74) is 0. The van der Waals surface area contributed by atoms with Gasteiger partial charge < -0.3 is 9.84 Å². The molecule has 1 rings (SSSR count). The molecule has 84 valence electrons. The fourth-order valence-electron chi connectivity index (χ4n) is 2.08. The van der Waals surface area contributed by atoms with Crippen LogP contribution in [0.5, 0.6) is 0 Å². The minimum atomic E-state index is -0.0847. The van der Waals surface area contributed by atoms with E-state index in [-0.39, 0.29) is 6.10 Å². The highest BCUT2D eigenvalue weighted by Gasteiger charge is 2.18. The van der Waals surface area contributed by atoms with Crippen molar-refractivity contribution in [2.75, 3.05) is 13.2 Å². The maximum atomic E-state index is 9.75. The van der Waals surface area contributed by atoms with Crippen molar-refractivity contribution >= 4 is 0 Å². The van der Waals surface area contributed by atoms with E-state index in [1.165, 1.54) is 25.7 Å². The Hall–Kier alpha value is -0.0800. The Labute approximate surface area is 87.7 Å². The van der Waals surface area contributed by atoms with Gasteiger partial charge in [-0.25, -0.2) is 0 Å². The van der Waals surface area contributed by atoms with Crippen LogP contribution in [0.3, 0.4) is 0 Å². The number of hydrogen-bond donors (Lipinski definition) is 1. The van der Waals surface area contributed by atoms with Crippen LogP contribution in [-0.2, 0) is 4.74 Å². The Morgan fingerprint density at radius 1 is 1.36 bits per heavy atom. The lowest BCUT2D eigenvalue weighted by atomic mass is 9.97. The van der Waals surface area contributed by atoms with E-state index in [1.807, 2.05) is 0 Å². The molecule has 0 bridgehead atoms. The zero-order valence-electron chi connectivity index (χ0n) is 9.37. The summed E-state index contributed by atoms with van der Waals surface area (Å²) in [5, 5.41) is 9.75. The number of hydrogen-bond acceptors (Lipinski definition) is 2. The molecule has 0 aliphatic carbocycles. The summed E-state index contributed by atoms with van der Waals surface area (Å²) in [6.45, 7) is 3.98. The molecule has 2 heteroatoms. The summed E-state index contributed by atoms with van der Waals surface area (Å²) in [6.07, 6.45) is 8.02. The van der Waals surface area contributed by atoms with Gasteiger partial charge in [-0.15, -0.1) is 0 Å². The number of ether oxygens (including phenoxy) is 1. The third-order valence-corrected chi connectivity index (χ3v) is 3.02. The summed E-state index contributed by atoms with van der Waals surface area (Å²) in [5.74, 6) is 0.621. The molecule has 2 nitrogen and oxygen atoms in total. The van der Waals surface area contributed by atoms with E-state index >= 15 is 0 Å². The van der Waals surface area contributed by atoms with Crippen molar-refractivity contribution in [2.45, 2.75) is 58.0 Å². The number of unbranched alkanes of at least 4 members (excludes halogenated alkanes) is 3. The smallest absolute Gasteiger partial charge is 0.0543 e. The molecule has 0 aromatic rings. The molecule has 14 heavy (non-hydrogen) atoms. The average molecular weight is 200 g/mol. The van der Waals surface area contributed by atoms with Gasteiger partial charge in [0, 0.05) is 13.2 Å². The van der Waals surface area contributed by atoms with Crippen LogP contribution in [-0.4, -0.2) is 24.4 Å². The van der Waals surface area contributed by atoms with Crippen LogP contribution in [0.4, 0.5) is 0 Å². The molecule has 2 atom stereocenters. The van der Waals surface area contributed by atoms with Gasteiger partial charge in [-0.05, 0) is 25.2 Å². The van der Waals surface area contributed by atoms with Gasteiger partial charge in [0.05, 0.1) is 6.10 Å². The molecule has 0 aromatic carbocycles.